The third kappa shape index (κ3) is 2.93. The van der Waals surface area contributed by atoms with Crippen molar-refractivity contribution in [3.8, 4) is 5.75 Å². The zero-order valence-corrected chi connectivity index (χ0v) is 13.1. The first kappa shape index (κ1) is 14.8. The first-order chi connectivity index (χ1) is 9.40. The summed E-state index contributed by atoms with van der Waals surface area (Å²) in [7, 11) is 1.91. The Morgan fingerprint density at radius 2 is 2.05 bits per heavy atom. The Labute approximate surface area is 125 Å². The number of hydrogen-bond donors (Lipinski definition) is 0. The molecule has 2 aromatic rings. The highest BCUT2D eigenvalue weighted by Crippen LogP contribution is 2.21. The Morgan fingerprint density at radius 1 is 1.35 bits per heavy atom. The van der Waals surface area contributed by atoms with Gasteiger partial charge in [-0.3, -0.25) is 4.79 Å². The summed E-state index contributed by atoms with van der Waals surface area (Å²) in [6.07, 6.45) is 0. The third-order valence-electron chi connectivity index (χ3n) is 3.34. The first-order valence-electron chi connectivity index (χ1n) is 6.14. The highest BCUT2D eigenvalue weighted by atomic mass is 79.9. The average Bonchev–Trinajstić information content (AvgIpc) is 2.67. The van der Waals surface area contributed by atoms with Gasteiger partial charge in [-0.25, -0.2) is 4.39 Å². The Morgan fingerprint density at radius 3 is 2.60 bits per heavy atom. The van der Waals surface area contributed by atoms with E-state index in [0.29, 0.717) is 15.8 Å². The second kappa shape index (κ2) is 5.79. The maximum absolute atomic E-state index is 13.3. The van der Waals surface area contributed by atoms with Crippen LogP contribution >= 0.6 is 15.9 Å². The normalized spacial score (nSPS) is 10.7. The largest absolute Gasteiger partial charge is 0.485 e. The second-order valence-corrected chi connectivity index (χ2v) is 5.49. The highest BCUT2D eigenvalue weighted by molar-refractivity contribution is 9.10. The van der Waals surface area contributed by atoms with E-state index in [4.69, 9.17) is 4.74 Å². The maximum Gasteiger partial charge on any atom is 0.202 e. The number of aromatic nitrogens is 1. The summed E-state index contributed by atoms with van der Waals surface area (Å²) in [5.74, 6) is -0.194. The molecule has 0 saturated heterocycles. The van der Waals surface area contributed by atoms with Crippen LogP contribution in [0.4, 0.5) is 4.39 Å². The Kier molecular flexibility index (Phi) is 4.28. The number of aryl methyl sites for hydroxylation is 1. The van der Waals surface area contributed by atoms with Crippen LogP contribution in [0.1, 0.15) is 21.7 Å². The fraction of sp³-hybridized carbons (Fsp3) is 0.267. The summed E-state index contributed by atoms with van der Waals surface area (Å²) in [6, 6.07) is 6.25. The molecule has 0 bridgehead atoms. The SMILES string of the molecule is Cc1cc(C(=O)COc2ccc(Br)c(F)c2)c(C)n1C. The predicted molar refractivity (Wildman–Crippen MR) is 78.8 cm³/mol. The van der Waals surface area contributed by atoms with E-state index in [1.807, 2.05) is 31.5 Å². The lowest BCUT2D eigenvalue weighted by Crippen LogP contribution is -2.12. The van der Waals surface area contributed by atoms with Gasteiger partial charge in [0.2, 0.25) is 5.78 Å². The predicted octanol–water partition coefficient (Wildman–Crippen LogP) is 3.81. The summed E-state index contributed by atoms with van der Waals surface area (Å²) in [4.78, 5) is 12.1. The van der Waals surface area contributed by atoms with Crippen LogP contribution in [0, 0.1) is 19.7 Å². The number of rotatable bonds is 4. The van der Waals surface area contributed by atoms with Crippen molar-refractivity contribution in [1.82, 2.24) is 4.57 Å². The van der Waals surface area contributed by atoms with Gasteiger partial charge in [0.25, 0.3) is 0 Å². The molecule has 1 aromatic carbocycles. The monoisotopic (exact) mass is 339 g/mol. The van der Waals surface area contributed by atoms with E-state index in [1.54, 1.807) is 12.1 Å². The van der Waals surface area contributed by atoms with Crippen molar-refractivity contribution >= 4 is 21.7 Å². The van der Waals surface area contributed by atoms with Crippen LogP contribution in [-0.4, -0.2) is 17.0 Å². The number of carbonyl (C=O) groups is 1. The van der Waals surface area contributed by atoms with Gasteiger partial charge in [-0.05, 0) is 48.0 Å². The van der Waals surface area contributed by atoms with Crippen molar-refractivity contribution in [3.63, 3.8) is 0 Å². The maximum atomic E-state index is 13.3. The molecule has 20 heavy (non-hydrogen) atoms. The summed E-state index contributed by atoms with van der Waals surface area (Å²) >= 11 is 3.07. The van der Waals surface area contributed by atoms with Crippen LogP contribution in [-0.2, 0) is 7.05 Å². The molecule has 5 heteroatoms. The van der Waals surface area contributed by atoms with Crippen molar-refractivity contribution in [3.05, 3.63) is 51.5 Å². The Hall–Kier alpha value is -1.62. The number of benzene rings is 1. The molecule has 0 aliphatic heterocycles. The summed E-state index contributed by atoms with van der Waals surface area (Å²) in [5.41, 5.74) is 2.56. The minimum absolute atomic E-state index is 0.106. The molecule has 0 radical (unpaired) electrons. The van der Waals surface area contributed by atoms with E-state index in [0.717, 1.165) is 11.4 Å². The molecule has 3 nitrogen and oxygen atoms in total. The van der Waals surface area contributed by atoms with Gasteiger partial charge in [0.05, 0.1) is 4.47 Å². The number of ether oxygens (including phenoxy) is 1. The van der Waals surface area contributed by atoms with E-state index in [2.05, 4.69) is 15.9 Å². The fourth-order valence-corrected chi connectivity index (χ4v) is 2.18. The average molecular weight is 340 g/mol. The summed E-state index contributed by atoms with van der Waals surface area (Å²) in [6.45, 7) is 3.72. The Balaban J connectivity index is 2.08. The van der Waals surface area contributed by atoms with Gasteiger partial charge >= 0.3 is 0 Å². The van der Waals surface area contributed by atoms with Crippen LogP contribution in [0.5, 0.6) is 5.75 Å². The highest BCUT2D eigenvalue weighted by Gasteiger charge is 2.14. The topological polar surface area (TPSA) is 31.2 Å². The van der Waals surface area contributed by atoms with E-state index in [9.17, 15) is 9.18 Å². The van der Waals surface area contributed by atoms with Crippen molar-refractivity contribution < 1.29 is 13.9 Å². The van der Waals surface area contributed by atoms with Crippen molar-refractivity contribution in [1.29, 1.82) is 0 Å². The van der Waals surface area contributed by atoms with Crippen LogP contribution in [0.25, 0.3) is 0 Å². The van der Waals surface area contributed by atoms with Crippen LogP contribution in [0.3, 0.4) is 0 Å². The number of Topliss-reactive ketones (excluding diaryl/α,β-unsaturated/α-hetero) is 1. The second-order valence-electron chi connectivity index (χ2n) is 4.63. The van der Waals surface area contributed by atoms with Crippen LogP contribution in [0.2, 0.25) is 0 Å². The quantitative estimate of drug-likeness (QED) is 0.793. The summed E-state index contributed by atoms with van der Waals surface area (Å²) < 4.78 is 21.0. The lowest BCUT2D eigenvalue weighted by Gasteiger charge is -2.06. The Bertz CT molecular complexity index is 664. The number of carbonyl (C=O) groups excluding carboxylic acids is 1. The molecule has 0 aliphatic carbocycles. The molecule has 2 rings (SSSR count). The number of nitrogens with zero attached hydrogens (tertiary/aromatic N) is 1. The van der Waals surface area contributed by atoms with Gasteiger partial charge in [0.15, 0.2) is 6.61 Å². The van der Waals surface area contributed by atoms with Gasteiger partial charge < -0.3 is 9.30 Å². The van der Waals surface area contributed by atoms with E-state index >= 15 is 0 Å². The minimum atomic E-state index is -0.415. The van der Waals surface area contributed by atoms with Gasteiger partial charge in [0, 0.05) is 30.1 Å². The van der Waals surface area contributed by atoms with E-state index in [-0.39, 0.29) is 12.4 Å². The van der Waals surface area contributed by atoms with Crippen LogP contribution in [0.15, 0.2) is 28.7 Å². The molecular weight excluding hydrogens is 325 g/mol. The van der Waals surface area contributed by atoms with E-state index in [1.165, 1.54) is 6.07 Å². The summed E-state index contributed by atoms with van der Waals surface area (Å²) in [5, 5.41) is 0. The molecule has 0 N–H and O–H groups in total. The molecule has 0 fully saturated rings. The zero-order valence-electron chi connectivity index (χ0n) is 11.5. The molecule has 0 amide bonds. The van der Waals surface area contributed by atoms with Gasteiger partial charge in [-0.15, -0.1) is 0 Å². The standard InChI is InChI=1S/C15H15BrFNO2/c1-9-6-12(10(2)18(9)3)15(19)8-20-11-4-5-13(16)14(17)7-11/h4-7H,8H2,1-3H3. The van der Waals surface area contributed by atoms with Gasteiger partial charge in [-0.2, -0.15) is 0 Å². The third-order valence-corrected chi connectivity index (χ3v) is 3.98. The van der Waals surface area contributed by atoms with Gasteiger partial charge in [-0.1, -0.05) is 0 Å². The fourth-order valence-electron chi connectivity index (χ4n) is 1.93. The van der Waals surface area contributed by atoms with Crippen molar-refractivity contribution in [2.75, 3.05) is 6.61 Å². The lowest BCUT2D eigenvalue weighted by atomic mass is 10.1. The smallest absolute Gasteiger partial charge is 0.202 e. The van der Waals surface area contributed by atoms with Crippen LogP contribution < -0.4 is 4.74 Å². The molecule has 106 valence electrons. The zero-order chi connectivity index (χ0) is 14.9. The molecule has 0 spiro atoms. The molecule has 0 unspecified atom stereocenters. The number of hydrogen-bond acceptors (Lipinski definition) is 2. The van der Waals surface area contributed by atoms with Crippen molar-refractivity contribution in [2.45, 2.75) is 13.8 Å². The molecule has 0 saturated carbocycles. The number of halogens is 2. The minimum Gasteiger partial charge on any atom is -0.485 e. The van der Waals surface area contributed by atoms with E-state index < -0.39 is 5.82 Å². The number of ketones is 1. The molecule has 0 aliphatic rings. The van der Waals surface area contributed by atoms with Crippen molar-refractivity contribution in [2.24, 2.45) is 7.05 Å². The molecule has 1 heterocycles. The molecule has 0 atom stereocenters. The first-order valence-corrected chi connectivity index (χ1v) is 6.93. The molecular formula is C15H15BrFNO2. The lowest BCUT2D eigenvalue weighted by molar-refractivity contribution is 0.0920. The van der Waals surface area contributed by atoms with Gasteiger partial charge in [0.1, 0.15) is 11.6 Å². The molecule has 1 aromatic heterocycles.